The number of carbonyl (C=O) groups excluding carboxylic acids is 2. The first-order chi connectivity index (χ1) is 9.16. The number of amides is 2. The van der Waals surface area contributed by atoms with Crippen molar-refractivity contribution in [2.75, 3.05) is 13.1 Å². The third-order valence-corrected chi connectivity index (χ3v) is 3.45. The summed E-state index contributed by atoms with van der Waals surface area (Å²) in [5.41, 5.74) is 1.39. The second kappa shape index (κ2) is 4.38. The van der Waals surface area contributed by atoms with E-state index in [2.05, 4.69) is 15.5 Å². The van der Waals surface area contributed by atoms with E-state index in [-0.39, 0.29) is 11.8 Å². The van der Waals surface area contributed by atoms with Gasteiger partial charge in [0.15, 0.2) is 0 Å². The Morgan fingerprint density at radius 2 is 2.32 bits per heavy atom. The van der Waals surface area contributed by atoms with Gasteiger partial charge < -0.3 is 10.2 Å². The van der Waals surface area contributed by atoms with Crippen molar-refractivity contribution in [1.82, 2.24) is 20.4 Å². The van der Waals surface area contributed by atoms with Crippen molar-refractivity contribution in [3.8, 4) is 0 Å². The van der Waals surface area contributed by atoms with Crippen molar-refractivity contribution in [3.05, 3.63) is 30.0 Å². The van der Waals surface area contributed by atoms with Gasteiger partial charge in [0.2, 0.25) is 5.91 Å². The van der Waals surface area contributed by atoms with Crippen molar-refractivity contribution in [3.63, 3.8) is 0 Å². The van der Waals surface area contributed by atoms with Crippen LogP contribution in [0, 0.1) is 0 Å². The van der Waals surface area contributed by atoms with Crippen LogP contribution in [-0.4, -0.2) is 46.0 Å². The molecule has 1 saturated heterocycles. The lowest BCUT2D eigenvalue weighted by molar-refractivity contribution is -0.127. The second-order valence-electron chi connectivity index (χ2n) is 4.64. The minimum Gasteiger partial charge on any atom is -0.353 e. The molecule has 1 fully saturated rings. The zero-order chi connectivity index (χ0) is 13.4. The minimum atomic E-state index is -0.432. The third kappa shape index (κ3) is 1.95. The molecule has 0 radical (unpaired) electrons. The Morgan fingerprint density at radius 1 is 1.47 bits per heavy atom. The van der Waals surface area contributed by atoms with Crippen LogP contribution in [0.3, 0.4) is 0 Å². The summed E-state index contributed by atoms with van der Waals surface area (Å²) in [6.07, 6.45) is 1.71. The molecule has 1 aromatic heterocycles. The Labute approximate surface area is 109 Å². The van der Waals surface area contributed by atoms with Crippen LogP contribution in [0.5, 0.6) is 0 Å². The van der Waals surface area contributed by atoms with Gasteiger partial charge in [0.05, 0.1) is 11.7 Å². The molecule has 2 aromatic rings. The molecule has 1 atom stereocenters. The van der Waals surface area contributed by atoms with E-state index >= 15 is 0 Å². The fourth-order valence-electron chi connectivity index (χ4n) is 2.30. The number of nitrogens with zero attached hydrogens (tertiary/aromatic N) is 2. The van der Waals surface area contributed by atoms with Gasteiger partial charge in [-0.3, -0.25) is 14.7 Å². The molecule has 2 heterocycles. The molecule has 0 bridgehead atoms. The van der Waals surface area contributed by atoms with Gasteiger partial charge in [0.25, 0.3) is 5.91 Å². The molecule has 2 N–H and O–H groups in total. The molecule has 3 rings (SSSR count). The van der Waals surface area contributed by atoms with Gasteiger partial charge in [-0.05, 0) is 19.1 Å². The maximum Gasteiger partial charge on any atom is 0.254 e. The van der Waals surface area contributed by atoms with Crippen molar-refractivity contribution >= 4 is 22.7 Å². The fourth-order valence-corrected chi connectivity index (χ4v) is 2.30. The molecule has 0 saturated carbocycles. The Bertz CT molecular complexity index is 649. The predicted molar refractivity (Wildman–Crippen MR) is 69.6 cm³/mol. The van der Waals surface area contributed by atoms with Crippen LogP contribution in [-0.2, 0) is 4.79 Å². The maximum atomic E-state index is 12.4. The topological polar surface area (TPSA) is 78.1 Å². The van der Waals surface area contributed by atoms with Crippen LogP contribution >= 0.6 is 0 Å². The highest BCUT2D eigenvalue weighted by molar-refractivity contribution is 6.00. The summed E-state index contributed by atoms with van der Waals surface area (Å²) in [6.45, 7) is 2.77. The van der Waals surface area contributed by atoms with Crippen molar-refractivity contribution < 1.29 is 9.59 Å². The number of aromatic amines is 1. The molecular weight excluding hydrogens is 244 g/mol. The van der Waals surface area contributed by atoms with Crippen LogP contribution in [0.2, 0.25) is 0 Å². The van der Waals surface area contributed by atoms with Crippen molar-refractivity contribution in [2.24, 2.45) is 0 Å². The van der Waals surface area contributed by atoms with E-state index in [1.165, 1.54) is 0 Å². The van der Waals surface area contributed by atoms with Crippen LogP contribution < -0.4 is 5.32 Å². The van der Waals surface area contributed by atoms with E-state index in [1.54, 1.807) is 30.2 Å². The Kier molecular flexibility index (Phi) is 2.70. The molecule has 0 spiro atoms. The predicted octanol–water partition coefficient (Wildman–Crippen LogP) is 0.523. The Hall–Kier alpha value is -2.37. The van der Waals surface area contributed by atoms with Crippen LogP contribution in [0.15, 0.2) is 24.4 Å². The average molecular weight is 258 g/mol. The molecular formula is C13H14N4O2. The summed E-state index contributed by atoms with van der Waals surface area (Å²) in [5.74, 6) is -0.235. The molecule has 1 unspecified atom stereocenters. The van der Waals surface area contributed by atoms with Crippen LogP contribution in [0.1, 0.15) is 17.3 Å². The van der Waals surface area contributed by atoms with Crippen LogP contribution in [0.4, 0.5) is 0 Å². The number of carbonyl (C=O) groups is 2. The monoisotopic (exact) mass is 258 g/mol. The van der Waals surface area contributed by atoms with Gasteiger partial charge in [0, 0.05) is 24.0 Å². The molecule has 6 heteroatoms. The van der Waals surface area contributed by atoms with Gasteiger partial charge in [-0.2, -0.15) is 5.10 Å². The minimum absolute atomic E-state index is 0.109. The molecule has 0 aliphatic carbocycles. The summed E-state index contributed by atoms with van der Waals surface area (Å²) in [6, 6.07) is 4.95. The summed E-state index contributed by atoms with van der Waals surface area (Å²) in [5, 5.41) is 10.5. The summed E-state index contributed by atoms with van der Waals surface area (Å²) >= 11 is 0. The number of aromatic nitrogens is 2. The first kappa shape index (κ1) is 11.7. The van der Waals surface area contributed by atoms with E-state index in [0.29, 0.717) is 18.7 Å². The lowest BCUT2D eigenvalue weighted by Crippen LogP contribution is -2.55. The normalized spacial score (nSPS) is 19.5. The van der Waals surface area contributed by atoms with Gasteiger partial charge >= 0.3 is 0 Å². The molecule has 1 aliphatic heterocycles. The Morgan fingerprint density at radius 3 is 3.16 bits per heavy atom. The quantitative estimate of drug-likeness (QED) is 0.783. The second-order valence-corrected chi connectivity index (χ2v) is 4.64. The SMILES string of the molecule is CC1C(=O)NCCN1C(=O)c1ccc2cn[nH]c2c1. The van der Waals surface area contributed by atoms with E-state index in [9.17, 15) is 9.59 Å². The summed E-state index contributed by atoms with van der Waals surface area (Å²) in [4.78, 5) is 25.6. The molecule has 2 amide bonds. The van der Waals surface area contributed by atoms with Crippen molar-refractivity contribution in [1.29, 1.82) is 0 Å². The average Bonchev–Trinajstić information content (AvgIpc) is 2.88. The van der Waals surface area contributed by atoms with Gasteiger partial charge in [-0.15, -0.1) is 0 Å². The number of hydrogen-bond acceptors (Lipinski definition) is 3. The smallest absolute Gasteiger partial charge is 0.254 e. The third-order valence-electron chi connectivity index (χ3n) is 3.45. The van der Waals surface area contributed by atoms with Crippen LogP contribution in [0.25, 0.3) is 10.9 Å². The molecule has 98 valence electrons. The number of benzene rings is 1. The van der Waals surface area contributed by atoms with E-state index in [1.807, 2.05) is 6.07 Å². The van der Waals surface area contributed by atoms with E-state index in [4.69, 9.17) is 0 Å². The number of H-pyrrole nitrogens is 1. The molecule has 1 aromatic carbocycles. The Balaban J connectivity index is 1.92. The molecule has 1 aliphatic rings. The first-order valence-corrected chi connectivity index (χ1v) is 6.18. The highest BCUT2D eigenvalue weighted by Gasteiger charge is 2.29. The fraction of sp³-hybridized carbons (Fsp3) is 0.308. The standard InChI is InChI=1S/C13H14N4O2/c1-8-12(18)14-4-5-17(8)13(19)9-2-3-10-7-15-16-11(10)6-9/h2-3,6-8H,4-5H2,1H3,(H,14,18)(H,15,16). The van der Waals surface area contributed by atoms with Gasteiger partial charge in [-0.1, -0.05) is 6.07 Å². The summed E-state index contributed by atoms with van der Waals surface area (Å²) < 4.78 is 0. The maximum absolute atomic E-state index is 12.4. The zero-order valence-corrected chi connectivity index (χ0v) is 10.5. The lowest BCUT2D eigenvalue weighted by Gasteiger charge is -2.32. The largest absolute Gasteiger partial charge is 0.353 e. The first-order valence-electron chi connectivity index (χ1n) is 6.18. The highest BCUT2D eigenvalue weighted by Crippen LogP contribution is 2.16. The van der Waals surface area contributed by atoms with E-state index in [0.717, 1.165) is 10.9 Å². The molecule has 19 heavy (non-hydrogen) atoms. The number of nitrogens with one attached hydrogen (secondary N) is 2. The van der Waals surface area contributed by atoms with Crippen molar-refractivity contribution in [2.45, 2.75) is 13.0 Å². The number of rotatable bonds is 1. The summed E-state index contributed by atoms with van der Waals surface area (Å²) in [7, 11) is 0. The number of hydrogen-bond donors (Lipinski definition) is 2. The van der Waals surface area contributed by atoms with E-state index < -0.39 is 6.04 Å². The van der Waals surface area contributed by atoms with Gasteiger partial charge in [-0.25, -0.2) is 0 Å². The lowest BCUT2D eigenvalue weighted by atomic mass is 10.1. The molecule has 6 nitrogen and oxygen atoms in total. The zero-order valence-electron chi connectivity index (χ0n) is 10.5. The highest BCUT2D eigenvalue weighted by atomic mass is 16.2. The van der Waals surface area contributed by atoms with Gasteiger partial charge in [0.1, 0.15) is 6.04 Å². The number of piperazine rings is 1. The number of fused-ring (bicyclic) bond motifs is 1.